The molecule has 1 amide bonds. The minimum atomic E-state index is -0.136. The van der Waals surface area contributed by atoms with Gasteiger partial charge in [-0.15, -0.1) is 0 Å². The highest BCUT2D eigenvalue weighted by Gasteiger charge is 2.15. The Morgan fingerprint density at radius 2 is 2.00 bits per heavy atom. The molecule has 1 aromatic rings. The Morgan fingerprint density at radius 1 is 1.35 bits per heavy atom. The van der Waals surface area contributed by atoms with E-state index < -0.39 is 0 Å². The van der Waals surface area contributed by atoms with Gasteiger partial charge in [-0.2, -0.15) is 0 Å². The van der Waals surface area contributed by atoms with Gasteiger partial charge in [0.05, 0.1) is 6.04 Å². The SMILES string of the molecule is Cc1ccc(C(C)NC(=O)C(C)CN)c(C)c1. The van der Waals surface area contributed by atoms with E-state index in [4.69, 9.17) is 5.73 Å². The minimum Gasteiger partial charge on any atom is -0.349 e. The summed E-state index contributed by atoms with van der Waals surface area (Å²) < 4.78 is 0. The normalized spacial score (nSPS) is 14.2. The molecular formula is C14H22N2O. The first-order valence-electron chi connectivity index (χ1n) is 6.03. The van der Waals surface area contributed by atoms with E-state index in [0.717, 1.165) is 5.56 Å². The molecule has 17 heavy (non-hydrogen) atoms. The molecule has 0 aliphatic carbocycles. The first-order chi connectivity index (χ1) is 7.95. The summed E-state index contributed by atoms with van der Waals surface area (Å²) >= 11 is 0. The van der Waals surface area contributed by atoms with Crippen LogP contribution in [0.25, 0.3) is 0 Å². The van der Waals surface area contributed by atoms with Crippen molar-refractivity contribution in [3.05, 3.63) is 34.9 Å². The minimum absolute atomic E-state index is 0.0139. The standard InChI is InChI=1S/C14H22N2O/c1-9-5-6-13(10(2)7-9)12(4)16-14(17)11(3)8-15/h5-7,11-12H,8,15H2,1-4H3,(H,16,17). The maximum atomic E-state index is 11.7. The second-order valence-electron chi connectivity index (χ2n) is 4.73. The van der Waals surface area contributed by atoms with Crippen molar-refractivity contribution in [2.45, 2.75) is 33.7 Å². The molecule has 3 heteroatoms. The van der Waals surface area contributed by atoms with E-state index in [1.807, 2.05) is 13.8 Å². The molecule has 1 aromatic carbocycles. The average molecular weight is 234 g/mol. The van der Waals surface area contributed by atoms with Crippen molar-refractivity contribution >= 4 is 5.91 Å². The van der Waals surface area contributed by atoms with E-state index >= 15 is 0 Å². The van der Waals surface area contributed by atoms with Gasteiger partial charge in [-0.25, -0.2) is 0 Å². The third-order valence-electron chi connectivity index (χ3n) is 3.05. The second-order valence-corrected chi connectivity index (χ2v) is 4.73. The van der Waals surface area contributed by atoms with Crippen LogP contribution in [0, 0.1) is 19.8 Å². The van der Waals surface area contributed by atoms with Crippen LogP contribution in [0.2, 0.25) is 0 Å². The number of carbonyl (C=O) groups excluding carboxylic acids is 1. The van der Waals surface area contributed by atoms with Crippen LogP contribution in [0.5, 0.6) is 0 Å². The molecule has 2 unspecified atom stereocenters. The largest absolute Gasteiger partial charge is 0.349 e. The summed E-state index contributed by atoms with van der Waals surface area (Å²) in [6.45, 7) is 8.35. The molecule has 0 aliphatic heterocycles. The van der Waals surface area contributed by atoms with Crippen molar-refractivity contribution in [3.63, 3.8) is 0 Å². The van der Waals surface area contributed by atoms with Crippen molar-refractivity contribution in [1.82, 2.24) is 5.32 Å². The van der Waals surface area contributed by atoms with Gasteiger partial charge in [0.25, 0.3) is 0 Å². The number of nitrogens with one attached hydrogen (secondary N) is 1. The molecule has 0 saturated carbocycles. The van der Waals surface area contributed by atoms with Crippen molar-refractivity contribution in [1.29, 1.82) is 0 Å². The number of carbonyl (C=O) groups is 1. The van der Waals surface area contributed by atoms with Gasteiger partial charge >= 0.3 is 0 Å². The molecule has 0 saturated heterocycles. The zero-order chi connectivity index (χ0) is 13.0. The molecule has 3 nitrogen and oxygen atoms in total. The van der Waals surface area contributed by atoms with Gasteiger partial charge in [-0.05, 0) is 31.9 Å². The van der Waals surface area contributed by atoms with Gasteiger partial charge < -0.3 is 11.1 Å². The Balaban J connectivity index is 2.76. The lowest BCUT2D eigenvalue weighted by molar-refractivity contribution is -0.124. The van der Waals surface area contributed by atoms with Gasteiger partial charge in [0.1, 0.15) is 0 Å². The summed E-state index contributed by atoms with van der Waals surface area (Å²) in [5.41, 5.74) is 9.08. The highest BCUT2D eigenvalue weighted by atomic mass is 16.1. The predicted molar refractivity (Wildman–Crippen MR) is 70.7 cm³/mol. The monoisotopic (exact) mass is 234 g/mol. The van der Waals surface area contributed by atoms with Gasteiger partial charge in [-0.1, -0.05) is 30.7 Å². The predicted octanol–water partition coefficient (Wildman–Crippen LogP) is 2.08. The molecule has 94 valence electrons. The molecule has 2 atom stereocenters. The number of aryl methyl sites for hydroxylation is 2. The molecule has 0 aliphatic rings. The number of benzene rings is 1. The average Bonchev–Trinajstić information content (AvgIpc) is 2.27. The van der Waals surface area contributed by atoms with E-state index in [1.165, 1.54) is 11.1 Å². The Morgan fingerprint density at radius 3 is 2.53 bits per heavy atom. The molecule has 0 fully saturated rings. The third-order valence-corrected chi connectivity index (χ3v) is 3.05. The van der Waals surface area contributed by atoms with Gasteiger partial charge in [0.2, 0.25) is 5.91 Å². The molecule has 3 N–H and O–H groups in total. The molecule has 0 spiro atoms. The lowest BCUT2D eigenvalue weighted by Gasteiger charge is -2.19. The summed E-state index contributed by atoms with van der Waals surface area (Å²) in [6, 6.07) is 6.29. The van der Waals surface area contributed by atoms with Crippen molar-refractivity contribution in [2.75, 3.05) is 6.54 Å². The molecular weight excluding hydrogens is 212 g/mol. The number of hydrogen-bond acceptors (Lipinski definition) is 2. The van der Waals surface area contributed by atoms with Crippen LogP contribution in [0.3, 0.4) is 0 Å². The van der Waals surface area contributed by atoms with E-state index in [9.17, 15) is 4.79 Å². The summed E-state index contributed by atoms with van der Waals surface area (Å²) in [5.74, 6) is -0.122. The van der Waals surface area contributed by atoms with Crippen molar-refractivity contribution in [2.24, 2.45) is 11.7 Å². The lowest BCUT2D eigenvalue weighted by Crippen LogP contribution is -2.35. The third kappa shape index (κ3) is 3.56. The number of hydrogen-bond donors (Lipinski definition) is 2. The Kier molecular flexibility index (Phi) is 4.70. The zero-order valence-corrected chi connectivity index (χ0v) is 11.1. The molecule has 1 rings (SSSR count). The fourth-order valence-corrected chi connectivity index (χ4v) is 1.85. The Bertz CT molecular complexity index is 401. The summed E-state index contributed by atoms with van der Waals surface area (Å²) in [7, 11) is 0. The van der Waals surface area contributed by atoms with E-state index in [0.29, 0.717) is 6.54 Å². The van der Waals surface area contributed by atoms with Crippen molar-refractivity contribution in [3.8, 4) is 0 Å². The summed E-state index contributed by atoms with van der Waals surface area (Å²) in [6.07, 6.45) is 0. The van der Waals surface area contributed by atoms with Crippen molar-refractivity contribution < 1.29 is 4.79 Å². The van der Waals surface area contributed by atoms with Crippen LogP contribution < -0.4 is 11.1 Å². The van der Waals surface area contributed by atoms with Crippen LogP contribution in [-0.4, -0.2) is 12.5 Å². The van der Waals surface area contributed by atoms with E-state index in [-0.39, 0.29) is 17.9 Å². The highest BCUT2D eigenvalue weighted by molar-refractivity contribution is 5.79. The fourth-order valence-electron chi connectivity index (χ4n) is 1.85. The number of amides is 1. The smallest absolute Gasteiger partial charge is 0.224 e. The number of nitrogens with two attached hydrogens (primary N) is 1. The lowest BCUT2D eigenvalue weighted by atomic mass is 9.99. The molecule has 0 bridgehead atoms. The summed E-state index contributed by atoms with van der Waals surface area (Å²) in [4.78, 5) is 11.7. The quantitative estimate of drug-likeness (QED) is 0.838. The fraction of sp³-hybridized carbons (Fsp3) is 0.500. The first-order valence-corrected chi connectivity index (χ1v) is 6.03. The first kappa shape index (κ1) is 13.7. The molecule has 0 radical (unpaired) electrons. The van der Waals surface area contributed by atoms with Gasteiger partial charge in [0, 0.05) is 12.5 Å². The van der Waals surface area contributed by atoms with E-state index in [2.05, 4.69) is 37.4 Å². The zero-order valence-electron chi connectivity index (χ0n) is 11.1. The highest BCUT2D eigenvalue weighted by Crippen LogP contribution is 2.18. The molecule has 0 heterocycles. The van der Waals surface area contributed by atoms with Gasteiger partial charge in [0.15, 0.2) is 0 Å². The maximum absolute atomic E-state index is 11.7. The second kappa shape index (κ2) is 5.82. The van der Waals surface area contributed by atoms with E-state index in [1.54, 1.807) is 0 Å². The Labute approximate surface area is 103 Å². The van der Waals surface area contributed by atoms with Crippen LogP contribution in [0.15, 0.2) is 18.2 Å². The molecule has 0 aromatic heterocycles. The maximum Gasteiger partial charge on any atom is 0.224 e. The topological polar surface area (TPSA) is 55.1 Å². The van der Waals surface area contributed by atoms with Crippen LogP contribution in [0.1, 0.15) is 36.6 Å². The Hall–Kier alpha value is -1.35. The van der Waals surface area contributed by atoms with Crippen LogP contribution in [0.4, 0.5) is 0 Å². The summed E-state index contributed by atoms with van der Waals surface area (Å²) in [5, 5.41) is 2.99. The number of rotatable bonds is 4. The van der Waals surface area contributed by atoms with Gasteiger partial charge in [-0.3, -0.25) is 4.79 Å². The van der Waals surface area contributed by atoms with Crippen LogP contribution in [-0.2, 0) is 4.79 Å². The van der Waals surface area contributed by atoms with Crippen LogP contribution >= 0.6 is 0 Å².